The van der Waals surface area contributed by atoms with Gasteiger partial charge in [0.25, 0.3) is 0 Å². The third kappa shape index (κ3) is 3.51. The molecule has 0 radical (unpaired) electrons. The fraction of sp³-hybridized carbons (Fsp3) is 0.143. The van der Waals surface area contributed by atoms with E-state index in [-0.39, 0.29) is 6.61 Å². The maximum Gasteiger partial charge on any atom is 0.302 e. The van der Waals surface area contributed by atoms with E-state index < -0.39 is 17.2 Å². The Morgan fingerprint density at radius 3 is 2.92 bits per heavy atom. The minimum Gasteiger partial charge on any atom is -0.284 e. The molecular weight excluding hydrogens is 263 g/mol. The van der Waals surface area contributed by atoms with Gasteiger partial charge in [-0.25, -0.2) is 4.39 Å². The van der Waals surface area contributed by atoms with Gasteiger partial charge in [-0.15, -0.1) is 0 Å². The van der Waals surface area contributed by atoms with Gasteiger partial charge in [-0.2, -0.15) is 4.21 Å². The highest BCUT2D eigenvalue weighted by Crippen LogP contribution is 2.18. The number of rotatable bonds is 3. The minimum atomic E-state index is -2.32. The normalized spacial score (nSPS) is 12.8. The molecule has 1 aromatic rings. The maximum atomic E-state index is 12.7. The van der Waals surface area contributed by atoms with Gasteiger partial charge in [0.2, 0.25) is 0 Å². The van der Waals surface area contributed by atoms with Crippen molar-refractivity contribution in [2.45, 2.75) is 6.61 Å². The quantitative estimate of drug-likeness (QED) is 0.856. The van der Waals surface area contributed by atoms with Crippen LogP contribution in [0.3, 0.4) is 0 Å². The van der Waals surface area contributed by atoms with E-state index in [1.165, 1.54) is 18.2 Å². The lowest BCUT2D eigenvalue weighted by molar-refractivity contribution is 0.296. The summed E-state index contributed by atoms with van der Waals surface area (Å²) in [4.78, 5) is 0. The number of hydrogen-bond acceptors (Lipinski definition) is 2. The van der Waals surface area contributed by atoms with Crippen molar-refractivity contribution in [2.75, 3.05) is 0 Å². The fourth-order valence-corrected chi connectivity index (χ4v) is 1.36. The van der Waals surface area contributed by atoms with Crippen molar-refractivity contribution in [1.82, 2.24) is 0 Å². The Morgan fingerprint density at radius 1 is 1.62 bits per heavy atom. The minimum absolute atomic E-state index is 0.110. The molecule has 1 aromatic carbocycles. The largest absolute Gasteiger partial charge is 0.302 e. The summed E-state index contributed by atoms with van der Waals surface area (Å²) in [6.07, 6.45) is 0. The zero-order valence-electron chi connectivity index (χ0n) is 6.37. The van der Waals surface area contributed by atoms with Gasteiger partial charge in [0.1, 0.15) is 5.82 Å². The Labute approximate surface area is 85.5 Å². The number of hydrogen-bond donors (Lipinski definition) is 1. The van der Waals surface area contributed by atoms with E-state index in [9.17, 15) is 8.60 Å². The van der Waals surface area contributed by atoms with Crippen molar-refractivity contribution in [3.8, 4) is 0 Å². The van der Waals surface area contributed by atoms with E-state index in [0.717, 1.165) is 0 Å². The Balaban J connectivity index is 2.75. The summed E-state index contributed by atoms with van der Waals surface area (Å²) in [5.41, 5.74) is 0.488. The van der Waals surface area contributed by atoms with E-state index in [4.69, 9.17) is 4.55 Å². The van der Waals surface area contributed by atoms with E-state index in [1.54, 1.807) is 0 Å². The first-order valence-corrected chi connectivity index (χ1v) is 5.10. The first-order chi connectivity index (χ1) is 6.09. The molecule has 0 amide bonds. The standard InChI is InChI=1S/C7H6BrFO3S/c8-7-2-1-6(9)3-5(7)4-12-13(10)11/h1-3H,4H2,(H,10,11). The van der Waals surface area contributed by atoms with Gasteiger partial charge in [0.15, 0.2) is 0 Å². The van der Waals surface area contributed by atoms with Crippen LogP contribution in [0.1, 0.15) is 5.56 Å². The zero-order valence-corrected chi connectivity index (χ0v) is 8.77. The molecule has 0 aliphatic rings. The van der Waals surface area contributed by atoms with Gasteiger partial charge in [-0.05, 0) is 23.8 Å². The van der Waals surface area contributed by atoms with Gasteiger partial charge >= 0.3 is 11.4 Å². The topological polar surface area (TPSA) is 46.5 Å². The Hall–Kier alpha value is -0.300. The van der Waals surface area contributed by atoms with Crippen LogP contribution >= 0.6 is 15.9 Å². The van der Waals surface area contributed by atoms with Crippen LogP contribution < -0.4 is 0 Å². The van der Waals surface area contributed by atoms with Crippen molar-refractivity contribution in [2.24, 2.45) is 0 Å². The SMILES string of the molecule is O=S(O)OCc1cc(F)ccc1Br. The second kappa shape index (κ2) is 4.80. The smallest absolute Gasteiger partial charge is 0.284 e. The molecule has 0 spiro atoms. The van der Waals surface area contributed by atoms with Crippen LogP contribution in [0.5, 0.6) is 0 Å². The van der Waals surface area contributed by atoms with Crippen LogP contribution in [0.25, 0.3) is 0 Å². The van der Waals surface area contributed by atoms with Gasteiger partial charge in [-0.1, -0.05) is 15.9 Å². The molecule has 3 nitrogen and oxygen atoms in total. The zero-order chi connectivity index (χ0) is 9.84. The van der Waals surface area contributed by atoms with Crippen molar-refractivity contribution in [3.63, 3.8) is 0 Å². The van der Waals surface area contributed by atoms with Crippen molar-refractivity contribution < 1.29 is 17.3 Å². The molecule has 0 bridgehead atoms. The molecule has 0 fully saturated rings. The molecular formula is C7H6BrFO3S. The summed E-state index contributed by atoms with van der Waals surface area (Å²) < 4.78 is 36.2. The first kappa shape index (κ1) is 10.8. The van der Waals surface area contributed by atoms with Gasteiger partial charge in [0.05, 0.1) is 6.61 Å². The second-order valence-electron chi connectivity index (χ2n) is 2.22. The monoisotopic (exact) mass is 268 g/mol. The summed E-state index contributed by atoms with van der Waals surface area (Å²) in [5.74, 6) is -0.412. The fourth-order valence-electron chi connectivity index (χ4n) is 0.768. The van der Waals surface area contributed by atoms with E-state index in [0.29, 0.717) is 10.0 Å². The average molecular weight is 269 g/mol. The van der Waals surface area contributed by atoms with E-state index in [1.807, 2.05) is 0 Å². The summed E-state index contributed by atoms with van der Waals surface area (Å²) in [6.45, 7) is -0.110. The molecule has 1 rings (SSSR count). The highest BCUT2D eigenvalue weighted by atomic mass is 79.9. The number of halogens is 2. The van der Waals surface area contributed by atoms with Crippen LogP contribution in [0.15, 0.2) is 22.7 Å². The van der Waals surface area contributed by atoms with Crippen LogP contribution in [0, 0.1) is 5.82 Å². The molecule has 13 heavy (non-hydrogen) atoms. The lowest BCUT2D eigenvalue weighted by atomic mass is 10.2. The summed E-state index contributed by atoms with van der Waals surface area (Å²) in [7, 11) is 0. The van der Waals surface area contributed by atoms with Gasteiger partial charge in [0, 0.05) is 4.47 Å². The van der Waals surface area contributed by atoms with Crippen LogP contribution in [0.2, 0.25) is 0 Å². The lowest BCUT2D eigenvalue weighted by Crippen LogP contribution is -1.97. The number of benzene rings is 1. The third-order valence-corrected chi connectivity index (χ3v) is 2.42. The molecule has 0 saturated carbocycles. The van der Waals surface area contributed by atoms with Gasteiger partial charge in [-0.3, -0.25) is 8.74 Å². The highest BCUT2D eigenvalue weighted by molar-refractivity contribution is 9.10. The summed E-state index contributed by atoms with van der Waals surface area (Å²) in [6, 6.07) is 4.02. The van der Waals surface area contributed by atoms with Crippen LogP contribution in [-0.2, 0) is 22.2 Å². The molecule has 72 valence electrons. The van der Waals surface area contributed by atoms with Crippen molar-refractivity contribution in [1.29, 1.82) is 0 Å². The first-order valence-electron chi connectivity index (χ1n) is 3.27. The third-order valence-electron chi connectivity index (χ3n) is 1.32. The molecule has 0 saturated heterocycles. The highest BCUT2D eigenvalue weighted by Gasteiger charge is 2.03. The molecule has 1 atom stereocenters. The van der Waals surface area contributed by atoms with Crippen molar-refractivity contribution in [3.05, 3.63) is 34.1 Å². The van der Waals surface area contributed by atoms with E-state index >= 15 is 0 Å². The predicted molar refractivity (Wildman–Crippen MR) is 49.7 cm³/mol. The summed E-state index contributed by atoms with van der Waals surface area (Å²) in [5, 5.41) is 0. The Bertz CT molecular complexity index is 332. The lowest BCUT2D eigenvalue weighted by Gasteiger charge is -2.02. The van der Waals surface area contributed by atoms with Gasteiger partial charge < -0.3 is 0 Å². The molecule has 1 N–H and O–H groups in total. The average Bonchev–Trinajstić information content (AvgIpc) is 2.06. The molecule has 0 aromatic heterocycles. The molecule has 0 aliphatic heterocycles. The molecule has 1 unspecified atom stereocenters. The van der Waals surface area contributed by atoms with Crippen molar-refractivity contribution >= 4 is 27.3 Å². The second-order valence-corrected chi connectivity index (χ2v) is 3.74. The van der Waals surface area contributed by atoms with Crippen LogP contribution in [0.4, 0.5) is 4.39 Å². The van der Waals surface area contributed by atoms with Crippen LogP contribution in [-0.4, -0.2) is 8.76 Å². The Morgan fingerprint density at radius 2 is 2.31 bits per heavy atom. The summed E-state index contributed by atoms with van der Waals surface area (Å²) >= 11 is 0.829. The molecule has 6 heteroatoms. The Kier molecular flexibility index (Phi) is 3.98. The maximum absolute atomic E-state index is 12.7. The van der Waals surface area contributed by atoms with E-state index in [2.05, 4.69) is 20.1 Å². The molecule has 0 heterocycles. The molecule has 0 aliphatic carbocycles. The predicted octanol–water partition coefficient (Wildman–Crippen LogP) is 2.24.